The fourth-order valence-electron chi connectivity index (χ4n) is 6.51. The Morgan fingerprint density at radius 2 is 0.714 bits per heavy atom. The summed E-state index contributed by atoms with van der Waals surface area (Å²) in [7, 11) is 0. The van der Waals surface area contributed by atoms with Crippen LogP contribution in [-0.2, 0) is 0 Å². The molecule has 0 amide bonds. The van der Waals surface area contributed by atoms with Gasteiger partial charge in [-0.25, -0.2) is 19.9 Å². The van der Waals surface area contributed by atoms with Crippen LogP contribution in [-0.4, -0.2) is 19.9 Å². The topological polar surface area (TPSA) is 60.8 Å². The molecule has 0 unspecified atom stereocenters. The predicted molar refractivity (Wildman–Crippen MR) is 200 cm³/mol. The second kappa shape index (κ2) is 12.4. The van der Waals surface area contributed by atoms with Gasteiger partial charge >= 0.3 is 0 Å². The van der Waals surface area contributed by atoms with E-state index < -0.39 is 0 Å². The number of benzene rings is 6. The second-order valence-electron chi connectivity index (χ2n) is 12.6. The zero-order valence-electron chi connectivity index (χ0n) is 27.9. The number of aromatic nitrogens is 4. The summed E-state index contributed by atoms with van der Waals surface area (Å²) < 4.78 is 6.32. The van der Waals surface area contributed by atoms with Gasteiger partial charge in [0.15, 0.2) is 0 Å². The number of hydrogen-bond acceptors (Lipinski definition) is 5. The number of rotatable bonds is 6. The van der Waals surface area contributed by atoms with Crippen molar-refractivity contribution >= 4 is 22.1 Å². The van der Waals surface area contributed by atoms with Gasteiger partial charge in [0.2, 0.25) is 0 Å². The third-order valence-electron chi connectivity index (χ3n) is 8.80. The molecule has 0 aliphatic carbocycles. The van der Waals surface area contributed by atoms with Crippen molar-refractivity contribution in [2.45, 2.75) is 27.7 Å². The summed E-state index contributed by atoms with van der Waals surface area (Å²) in [5, 5.41) is 0. The Kier molecular flexibility index (Phi) is 7.65. The highest BCUT2D eigenvalue weighted by Gasteiger charge is 2.17. The van der Waals surface area contributed by atoms with Gasteiger partial charge in [0, 0.05) is 22.3 Å². The molecule has 8 aromatic rings. The van der Waals surface area contributed by atoms with Crippen LogP contribution in [0.5, 0.6) is 11.5 Å². The average molecular weight is 635 g/mol. The molecule has 0 saturated carbocycles. The van der Waals surface area contributed by atoms with Crippen molar-refractivity contribution < 1.29 is 4.74 Å². The maximum atomic E-state index is 6.32. The van der Waals surface area contributed by atoms with Gasteiger partial charge in [0.05, 0.1) is 44.8 Å². The molecule has 0 fully saturated rings. The van der Waals surface area contributed by atoms with Crippen LogP contribution in [0.15, 0.2) is 133 Å². The number of ether oxygens (including phenoxy) is 1. The van der Waals surface area contributed by atoms with E-state index in [2.05, 4.69) is 100 Å². The van der Waals surface area contributed by atoms with E-state index in [1.54, 1.807) is 0 Å². The third-order valence-corrected chi connectivity index (χ3v) is 8.80. The van der Waals surface area contributed by atoms with E-state index in [0.29, 0.717) is 0 Å². The van der Waals surface area contributed by atoms with Crippen molar-refractivity contribution in [3.8, 4) is 56.5 Å². The molecule has 5 nitrogen and oxygen atoms in total. The highest BCUT2D eigenvalue weighted by Crippen LogP contribution is 2.36. The van der Waals surface area contributed by atoms with Gasteiger partial charge in [-0.1, -0.05) is 72.8 Å². The smallest absolute Gasteiger partial charge is 0.127 e. The van der Waals surface area contributed by atoms with Crippen LogP contribution in [0.2, 0.25) is 0 Å². The molecule has 2 heterocycles. The van der Waals surface area contributed by atoms with Gasteiger partial charge in [-0.05, 0) is 111 Å². The quantitative estimate of drug-likeness (QED) is 0.182. The third kappa shape index (κ3) is 5.92. The van der Waals surface area contributed by atoms with E-state index in [1.807, 2.05) is 60.7 Å². The van der Waals surface area contributed by atoms with Crippen LogP contribution < -0.4 is 4.74 Å². The lowest BCUT2D eigenvalue weighted by molar-refractivity contribution is 0.483. The van der Waals surface area contributed by atoms with E-state index >= 15 is 0 Å². The minimum absolute atomic E-state index is 0.736. The molecule has 0 aliphatic heterocycles. The Hall–Kier alpha value is -6.20. The van der Waals surface area contributed by atoms with Crippen LogP contribution in [0.4, 0.5) is 0 Å². The molecule has 2 aromatic heterocycles. The summed E-state index contributed by atoms with van der Waals surface area (Å²) in [6.07, 6.45) is 0. The van der Waals surface area contributed by atoms with Gasteiger partial charge in [-0.15, -0.1) is 0 Å². The zero-order valence-corrected chi connectivity index (χ0v) is 27.9. The first-order chi connectivity index (χ1) is 23.9. The molecule has 0 spiro atoms. The molecule has 0 aliphatic rings. The number of aryl methyl sites for hydroxylation is 4. The molecule has 5 heteroatoms. The second-order valence-corrected chi connectivity index (χ2v) is 12.6. The first-order valence-electron chi connectivity index (χ1n) is 16.5. The molecule has 0 N–H and O–H groups in total. The summed E-state index contributed by atoms with van der Waals surface area (Å²) in [5.74, 6) is 1.47. The molecule has 0 bridgehead atoms. The van der Waals surface area contributed by atoms with Gasteiger partial charge in [-0.3, -0.25) is 0 Å². The van der Waals surface area contributed by atoms with Gasteiger partial charge < -0.3 is 4.74 Å². The van der Waals surface area contributed by atoms with Crippen molar-refractivity contribution in [1.29, 1.82) is 0 Å². The summed E-state index contributed by atoms with van der Waals surface area (Å²) in [5.41, 5.74) is 15.6. The van der Waals surface area contributed by atoms with E-state index in [9.17, 15) is 0 Å². The van der Waals surface area contributed by atoms with Crippen molar-refractivity contribution in [3.63, 3.8) is 0 Å². The Balaban J connectivity index is 1.11. The number of fused-ring (bicyclic) bond motifs is 2. The lowest BCUT2D eigenvalue weighted by Gasteiger charge is -2.14. The summed E-state index contributed by atoms with van der Waals surface area (Å²) in [4.78, 5) is 20.5. The van der Waals surface area contributed by atoms with Crippen LogP contribution in [0.25, 0.3) is 67.1 Å². The summed E-state index contributed by atoms with van der Waals surface area (Å²) in [6.45, 7) is 8.37. The number of hydrogen-bond donors (Lipinski definition) is 0. The molecule has 236 valence electrons. The van der Waals surface area contributed by atoms with Crippen molar-refractivity contribution in [2.24, 2.45) is 0 Å². The molecular weight excluding hydrogens is 601 g/mol. The summed E-state index contributed by atoms with van der Waals surface area (Å²) >= 11 is 0. The van der Waals surface area contributed by atoms with Crippen molar-refractivity contribution in [3.05, 3.63) is 156 Å². The van der Waals surface area contributed by atoms with Crippen molar-refractivity contribution in [1.82, 2.24) is 19.9 Å². The molecule has 0 atom stereocenters. The molecule has 0 saturated heterocycles. The first-order valence-corrected chi connectivity index (χ1v) is 16.5. The van der Waals surface area contributed by atoms with E-state index in [-0.39, 0.29) is 0 Å². The van der Waals surface area contributed by atoms with Gasteiger partial charge in [0.1, 0.15) is 11.5 Å². The van der Waals surface area contributed by atoms with Gasteiger partial charge in [0.25, 0.3) is 0 Å². The van der Waals surface area contributed by atoms with E-state index in [1.165, 1.54) is 11.1 Å². The fourth-order valence-corrected chi connectivity index (χ4v) is 6.51. The molecule has 6 aromatic carbocycles. The standard InChI is InChI=1S/C44H34N4O/c1-27-23-29(3)39-37(25-27)45-41(31-11-7-5-8-12-31)43(47-39)33-15-19-35(20-16-33)49-36-21-17-34(18-22-36)44-42(32-13-9-6-10-14-32)46-38-26-28(2)24-30(4)40(38)48-44/h5-26H,1-4H3. The molecule has 0 radical (unpaired) electrons. The zero-order chi connectivity index (χ0) is 33.5. The Labute approximate surface area is 286 Å². The maximum Gasteiger partial charge on any atom is 0.127 e. The molecular formula is C44H34N4O. The average Bonchev–Trinajstić information content (AvgIpc) is 3.12. The predicted octanol–water partition coefficient (Wildman–Crippen LogP) is 11.3. The largest absolute Gasteiger partial charge is 0.457 e. The molecule has 49 heavy (non-hydrogen) atoms. The van der Waals surface area contributed by atoms with Gasteiger partial charge in [-0.2, -0.15) is 0 Å². The lowest BCUT2D eigenvalue weighted by atomic mass is 10.0. The summed E-state index contributed by atoms with van der Waals surface area (Å²) in [6, 6.07) is 45.2. The van der Waals surface area contributed by atoms with Crippen LogP contribution in [0.3, 0.4) is 0 Å². The minimum Gasteiger partial charge on any atom is -0.457 e. The van der Waals surface area contributed by atoms with Crippen LogP contribution >= 0.6 is 0 Å². The minimum atomic E-state index is 0.736. The van der Waals surface area contributed by atoms with E-state index in [4.69, 9.17) is 24.7 Å². The Bertz CT molecular complexity index is 2300. The SMILES string of the molecule is Cc1cc(C)c2nc(-c3ccc(Oc4ccc(-c5nc6c(C)cc(C)cc6nc5-c5ccccc5)cc4)cc3)c(-c3ccccc3)nc2c1. The Morgan fingerprint density at radius 3 is 1.10 bits per heavy atom. The highest BCUT2D eigenvalue weighted by molar-refractivity contribution is 5.89. The number of nitrogens with zero attached hydrogens (tertiary/aromatic N) is 4. The van der Waals surface area contributed by atoms with Crippen molar-refractivity contribution in [2.75, 3.05) is 0 Å². The Morgan fingerprint density at radius 1 is 0.367 bits per heavy atom. The highest BCUT2D eigenvalue weighted by atomic mass is 16.5. The monoisotopic (exact) mass is 634 g/mol. The van der Waals surface area contributed by atoms with E-state index in [0.717, 1.165) is 89.7 Å². The van der Waals surface area contributed by atoms with Crippen LogP contribution in [0.1, 0.15) is 22.3 Å². The fraction of sp³-hybridized carbons (Fsp3) is 0.0909. The van der Waals surface area contributed by atoms with Crippen LogP contribution in [0, 0.1) is 27.7 Å². The maximum absolute atomic E-state index is 6.32. The molecule has 8 rings (SSSR count). The lowest BCUT2D eigenvalue weighted by Crippen LogP contribution is -1.98. The first kappa shape index (κ1) is 30.2. The normalized spacial score (nSPS) is 11.3.